The lowest BCUT2D eigenvalue weighted by Gasteiger charge is -2.34. The summed E-state index contributed by atoms with van der Waals surface area (Å²) >= 11 is 4.31. The average molecular weight is 261 g/mol. The van der Waals surface area contributed by atoms with E-state index in [4.69, 9.17) is 4.42 Å². The molecule has 1 fully saturated rings. The van der Waals surface area contributed by atoms with Crippen LogP contribution >= 0.6 is 12.6 Å². The lowest BCUT2D eigenvalue weighted by atomic mass is 9.77. The molecule has 3 rings (SSSR count). The van der Waals surface area contributed by atoms with Crippen molar-refractivity contribution >= 4 is 23.6 Å². The second-order valence-corrected chi connectivity index (χ2v) is 5.47. The van der Waals surface area contributed by atoms with Crippen LogP contribution < -0.4 is 5.32 Å². The third kappa shape index (κ3) is 2.43. The standard InChI is InChI=1S/C15H19NOS/c18-10-16-14(12-2-1-3-12)9-11-4-5-15-13(8-11)6-7-17-15/h4-8,12,14,16,18H,1-3,9-10H2. The van der Waals surface area contributed by atoms with Gasteiger partial charge in [-0.1, -0.05) is 12.5 Å². The summed E-state index contributed by atoms with van der Waals surface area (Å²) in [6.45, 7) is 0. The maximum absolute atomic E-state index is 5.38. The van der Waals surface area contributed by atoms with E-state index in [1.165, 1.54) is 30.2 Å². The van der Waals surface area contributed by atoms with Crippen molar-refractivity contribution in [1.82, 2.24) is 5.32 Å². The van der Waals surface area contributed by atoms with Crippen LogP contribution in [0.1, 0.15) is 24.8 Å². The fourth-order valence-electron chi connectivity index (χ4n) is 2.76. The quantitative estimate of drug-likeness (QED) is 0.635. The van der Waals surface area contributed by atoms with Crippen molar-refractivity contribution in [3.05, 3.63) is 36.1 Å². The monoisotopic (exact) mass is 261 g/mol. The van der Waals surface area contributed by atoms with E-state index in [1.807, 2.05) is 6.07 Å². The molecule has 1 atom stereocenters. The molecule has 1 saturated carbocycles. The van der Waals surface area contributed by atoms with E-state index in [9.17, 15) is 0 Å². The number of fused-ring (bicyclic) bond motifs is 1. The number of benzene rings is 1. The molecule has 0 amide bonds. The zero-order valence-electron chi connectivity index (χ0n) is 10.4. The average Bonchev–Trinajstić information content (AvgIpc) is 2.74. The molecule has 0 radical (unpaired) electrons. The normalized spacial score (nSPS) is 17.8. The molecule has 3 heteroatoms. The van der Waals surface area contributed by atoms with E-state index in [1.54, 1.807) is 6.26 Å². The van der Waals surface area contributed by atoms with Crippen LogP contribution in [0.5, 0.6) is 0 Å². The van der Waals surface area contributed by atoms with Crippen LogP contribution in [0, 0.1) is 5.92 Å². The van der Waals surface area contributed by atoms with Crippen LogP contribution in [-0.2, 0) is 6.42 Å². The summed E-state index contributed by atoms with van der Waals surface area (Å²) in [4.78, 5) is 0. The first-order chi connectivity index (χ1) is 8.86. The van der Waals surface area contributed by atoms with E-state index in [-0.39, 0.29) is 0 Å². The summed E-state index contributed by atoms with van der Waals surface area (Å²) in [5.74, 6) is 1.59. The van der Waals surface area contributed by atoms with Crippen LogP contribution in [0.4, 0.5) is 0 Å². The Kier molecular flexibility index (Phi) is 3.62. The van der Waals surface area contributed by atoms with E-state index in [0.29, 0.717) is 6.04 Å². The Morgan fingerprint density at radius 3 is 2.94 bits per heavy atom. The molecule has 1 aliphatic rings. The minimum Gasteiger partial charge on any atom is -0.464 e. The van der Waals surface area contributed by atoms with E-state index < -0.39 is 0 Å². The van der Waals surface area contributed by atoms with Gasteiger partial charge in [-0.15, -0.1) is 0 Å². The Hall–Kier alpha value is -0.930. The summed E-state index contributed by atoms with van der Waals surface area (Å²) in [5.41, 5.74) is 2.36. The predicted molar refractivity (Wildman–Crippen MR) is 78.0 cm³/mol. The van der Waals surface area contributed by atoms with Gasteiger partial charge in [-0.3, -0.25) is 0 Å². The highest BCUT2D eigenvalue weighted by Gasteiger charge is 2.26. The SMILES string of the molecule is SCNC(Cc1ccc2occc2c1)C1CCC1. The highest BCUT2D eigenvalue weighted by Crippen LogP contribution is 2.31. The highest BCUT2D eigenvalue weighted by atomic mass is 32.1. The first-order valence-corrected chi connectivity index (χ1v) is 7.30. The van der Waals surface area contributed by atoms with Gasteiger partial charge in [-0.05, 0) is 48.9 Å². The summed E-state index contributed by atoms with van der Waals surface area (Å²) in [6.07, 6.45) is 6.95. The second kappa shape index (κ2) is 5.37. The van der Waals surface area contributed by atoms with Crippen molar-refractivity contribution in [1.29, 1.82) is 0 Å². The van der Waals surface area contributed by atoms with Gasteiger partial charge >= 0.3 is 0 Å². The molecule has 96 valence electrons. The maximum atomic E-state index is 5.38. The van der Waals surface area contributed by atoms with Crippen molar-refractivity contribution in [3.8, 4) is 0 Å². The van der Waals surface area contributed by atoms with Crippen LogP contribution in [0.25, 0.3) is 11.0 Å². The maximum Gasteiger partial charge on any atom is 0.133 e. The van der Waals surface area contributed by atoms with Gasteiger partial charge < -0.3 is 9.73 Å². The first-order valence-electron chi connectivity index (χ1n) is 6.67. The molecular weight excluding hydrogens is 242 g/mol. The molecule has 2 aromatic rings. The molecular formula is C15H19NOS. The summed E-state index contributed by atoms with van der Waals surface area (Å²) in [5, 5.41) is 4.72. The predicted octanol–water partition coefficient (Wildman–Crippen LogP) is 3.62. The van der Waals surface area contributed by atoms with E-state index in [2.05, 4.69) is 36.1 Å². The van der Waals surface area contributed by atoms with Crippen LogP contribution in [0.2, 0.25) is 0 Å². The lowest BCUT2D eigenvalue weighted by Crippen LogP contribution is -2.40. The van der Waals surface area contributed by atoms with Crippen LogP contribution in [-0.4, -0.2) is 11.9 Å². The highest BCUT2D eigenvalue weighted by molar-refractivity contribution is 7.80. The minimum absolute atomic E-state index is 0.570. The van der Waals surface area contributed by atoms with Gasteiger partial charge in [0.05, 0.1) is 6.26 Å². The Morgan fingerprint density at radius 1 is 1.33 bits per heavy atom. The van der Waals surface area contributed by atoms with Gasteiger partial charge in [0.2, 0.25) is 0 Å². The number of hydrogen-bond donors (Lipinski definition) is 2. The number of thiol groups is 1. The van der Waals surface area contributed by atoms with Gasteiger partial charge in [0.1, 0.15) is 5.58 Å². The summed E-state index contributed by atoms with van der Waals surface area (Å²) in [6, 6.07) is 9.09. The van der Waals surface area contributed by atoms with Crippen LogP contribution in [0.3, 0.4) is 0 Å². The van der Waals surface area contributed by atoms with Crippen molar-refractivity contribution < 1.29 is 4.42 Å². The van der Waals surface area contributed by atoms with E-state index in [0.717, 1.165) is 23.8 Å². The molecule has 0 saturated heterocycles. The Morgan fingerprint density at radius 2 is 2.22 bits per heavy atom. The van der Waals surface area contributed by atoms with Crippen molar-refractivity contribution in [2.45, 2.75) is 31.7 Å². The third-order valence-electron chi connectivity index (χ3n) is 4.04. The molecule has 0 spiro atoms. The molecule has 1 N–H and O–H groups in total. The van der Waals surface area contributed by atoms with Crippen LogP contribution in [0.15, 0.2) is 34.9 Å². The van der Waals surface area contributed by atoms with E-state index >= 15 is 0 Å². The van der Waals surface area contributed by atoms with Gasteiger partial charge in [-0.25, -0.2) is 0 Å². The molecule has 1 unspecified atom stereocenters. The Balaban J connectivity index is 1.75. The Bertz CT molecular complexity index is 518. The first kappa shape index (κ1) is 12.1. The van der Waals surface area contributed by atoms with Crippen molar-refractivity contribution in [3.63, 3.8) is 0 Å². The molecule has 18 heavy (non-hydrogen) atoms. The van der Waals surface area contributed by atoms with Gasteiger partial charge in [-0.2, -0.15) is 12.6 Å². The third-order valence-corrected chi connectivity index (χ3v) is 4.23. The molecule has 2 nitrogen and oxygen atoms in total. The molecule has 1 aromatic heterocycles. The Labute approximate surface area is 113 Å². The zero-order chi connectivity index (χ0) is 12.4. The summed E-state index contributed by atoms with van der Waals surface area (Å²) in [7, 11) is 0. The largest absolute Gasteiger partial charge is 0.464 e. The zero-order valence-corrected chi connectivity index (χ0v) is 11.3. The molecule has 0 bridgehead atoms. The number of nitrogens with one attached hydrogen (secondary N) is 1. The molecule has 1 heterocycles. The van der Waals surface area contributed by atoms with Gasteiger partial charge in [0, 0.05) is 17.3 Å². The summed E-state index contributed by atoms with van der Waals surface area (Å²) < 4.78 is 5.38. The van der Waals surface area contributed by atoms with Gasteiger partial charge in [0.25, 0.3) is 0 Å². The van der Waals surface area contributed by atoms with Crippen molar-refractivity contribution in [2.24, 2.45) is 5.92 Å². The fourth-order valence-corrected chi connectivity index (χ4v) is 3.00. The van der Waals surface area contributed by atoms with Crippen molar-refractivity contribution in [2.75, 3.05) is 5.88 Å². The number of furan rings is 1. The number of rotatable bonds is 5. The van der Waals surface area contributed by atoms with Gasteiger partial charge in [0.15, 0.2) is 0 Å². The number of hydrogen-bond acceptors (Lipinski definition) is 3. The minimum atomic E-state index is 0.570. The molecule has 0 aliphatic heterocycles. The lowest BCUT2D eigenvalue weighted by molar-refractivity contribution is 0.234. The molecule has 1 aromatic carbocycles. The smallest absolute Gasteiger partial charge is 0.133 e. The molecule has 1 aliphatic carbocycles. The topological polar surface area (TPSA) is 25.2 Å². The second-order valence-electron chi connectivity index (χ2n) is 5.16. The fraction of sp³-hybridized carbons (Fsp3) is 0.467.